The topological polar surface area (TPSA) is 66.4 Å². The molecule has 0 aliphatic carbocycles. The van der Waals surface area contributed by atoms with Gasteiger partial charge in [-0.05, 0) is 48.0 Å². The Kier molecular flexibility index (Phi) is 4.51. The molecule has 2 aromatic carbocycles. The van der Waals surface area contributed by atoms with Gasteiger partial charge in [0.05, 0.1) is 0 Å². The number of benzene rings is 2. The summed E-state index contributed by atoms with van der Waals surface area (Å²) in [5, 5.41) is 11.8. The van der Waals surface area contributed by atoms with E-state index in [1.807, 2.05) is 12.1 Å². The van der Waals surface area contributed by atoms with Gasteiger partial charge in [-0.3, -0.25) is 9.59 Å². The Hall–Kier alpha value is -2.88. The number of ketones is 1. The fourth-order valence-electron chi connectivity index (χ4n) is 1.77. The van der Waals surface area contributed by atoms with Gasteiger partial charge in [0.1, 0.15) is 5.75 Å². The van der Waals surface area contributed by atoms with E-state index < -0.39 is 0 Å². The minimum absolute atomic E-state index is 0.124. The summed E-state index contributed by atoms with van der Waals surface area (Å²) in [6.45, 7) is 1.45. The van der Waals surface area contributed by atoms with Crippen LogP contribution < -0.4 is 5.32 Å². The van der Waals surface area contributed by atoms with Crippen LogP contribution in [0.25, 0.3) is 6.08 Å². The molecular weight excluding hydrogens is 266 g/mol. The predicted molar refractivity (Wildman–Crippen MR) is 82.2 cm³/mol. The number of hydrogen-bond donors (Lipinski definition) is 2. The standard InChI is InChI=1S/C17H15NO3/c1-12(19)18-15-7-2-13(3-8-15)4-11-17(21)14-5-9-16(20)10-6-14/h2-11,20H,1H3,(H,18,19). The highest BCUT2D eigenvalue weighted by atomic mass is 16.3. The maximum absolute atomic E-state index is 11.9. The fraction of sp³-hybridized carbons (Fsp3) is 0.0588. The largest absolute Gasteiger partial charge is 0.508 e. The Morgan fingerprint density at radius 3 is 2.19 bits per heavy atom. The van der Waals surface area contributed by atoms with Crippen LogP contribution in [0.15, 0.2) is 54.6 Å². The van der Waals surface area contributed by atoms with Crippen LogP contribution in [-0.2, 0) is 4.79 Å². The molecule has 2 aromatic rings. The average Bonchev–Trinajstić information content (AvgIpc) is 2.46. The normalized spacial score (nSPS) is 10.5. The zero-order valence-corrected chi connectivity index (χ0v) is 11.5. The summed E-state index contributed by atoms with van der Waals surface area (Å²) in [7, 11) is 0. The third kappa shape index (κ3) is 4.31. The second-order valence-corrected chi connectivity index (χ2v) is 4.55. The van der Waals surface area contributed by atoms with Crippen molar-refractivity contribution in [3.05, 3.63) is 65.7 Å². The lowest BCUT2D eigenvalue weighted by Gasteiger charge is -2.01. The molecule has 0 fully saturated rings. The number of phenolic OH excluding ortho intramolecular Hbond substituents is 1. The Balaban J connectivity index is 2.05. The van der Waals surface area contributed by atoms with Crippen molar-refractivity contribution in [3.8, 4) is 5.75 Å². The van der Waals surface area contributed by atoms with E-state index in [9.17, 15) is 14.7 Å². The molecule has 0 heterocycles. The van der Waals surface area contributed by atoms with Crippen molar-refractivity contribution in [2.24, 2.45) is 0 Å². The summed E-state index contributed by atoms with van der Waals surface area (Å²) in [4.78, 5) is 22.8. The number of amides is 1. The van der Waals surface area contributed by atoms with Crippen LogP contribution >= 0.6 is 0 Å². The first-order valence-corrected chi connectivity index (χ1v) is 6.44. The summed E-state index contributed by atoms with van der Waals surface area (Å²) in [6.07, 6.45) is 3.17. The second kappa shape index (κ2) is 6.52. The number of aromatic hydroxyl groups is 1. The molecule has 0 aliphatic rings. The van der Waals surface area contributed by atoms with Gasteiger partial charge in [0.15, 0.2) is 5.78 Å². The Morgan fingerprint density at radius 1 is 1.00 bits per heavy atom. The van der Waals surface area contributed by atoms with Crippen LogP contribution in [0.1, 0.15) is 22.8 Å². The van der Waals surface area contributed by atoms with Crippen LogP contribution in [-0.4, -0.2) is 16.8 Å². The Bertz CT molecular complexity index is 670. The quantitative estimate of drug-likeness (QED) is 0.668. The van der Waals surface area contributed by atoms with Crippen LogP contribution in [0.5, 0.6) is 5.75 Å². The third-order valence-corrected chi connectivity index (χ3v) is 2.81. The molecule has 0 unspecified atom stereocenters. The first-order chi connectivity index (χ1) is 10.0. The molecule has 0 spiro atoms. The van der Waals surface area contributed by atoms with Crippen LogP contribution in [0, 0.1) is 0 Å². The highest BCUT2D eigenvalue weighted by Crippen LogP contribution is 2.13. The van der Waals surface area contributed by atoms with E-state index >= 15 is 0 Å². The molecule has 0 atom stereocenters. The van der Waals surface area contributed by atoms with Gasteiger partial charge in [-0.25, -0.2) is 0 Å². The van der Waals surface area contributed by atoms with Gasteiger partial charge in [0.25, 0.3) is 0 Å². The zero-order valence-electron chi connectivity index (χ0n) is 11.5. The van der Waals surface area contributed by atoms with Crippen LogP contribution in [0.3, 0.4) is 0 Å². The summed E-state index contributed by atoms with van der Waals surface area (Å²) < 4.78 is 0. The van der Waals surface area contributed by atoms with E-state index in [1.165, 1.54) is 25.1 Å². The van der Waals surface area contributed by atoms with E-state index in [0.717, 1.165) is 5.56 Å². The maximum Gasteiger partial charge on any atom is 0.221 e. The SMILES string of the molecule is CC(=O)Nc1ccc(C=CC(=O)c2ccc(O)cc2)cc1. The molecule has 0 aliphatic heterocycles. The van der Waals surface area contributed by atoms with Crippen LogP contribution in [0.2, 0.25) is 0 Å². The lowest BCUT2D eigenvalue weighted by Crippen LogP contribution is -2.05. The van der Waals surface area contributed by atoms with Crippen molar-refractivity contribution in [1.29, 1.82) is 0 Å². The summed E-state index contributed by atoms with van der Waals surface area (Å²) in [6, 6.07) is 13.3. The highest BCUT2D eigenvalue weighted by Gasteiger charge is 2.01. The van der Waals surface area contributed by atoms with Crippen molar-refractivity contribution < 1.29 is 14.7 Å². The number of hydrogen-bond acceptors (Lipinski definition) is 3. The van der Waals surface area contributed by atoms with Crippen LogP contribution in [0.4, 0.5) is 5.69 Å². The highest BCUT2D eigenvalue weighted by molar-refractivity contribution is 6.06. The molecule has 21 heavy (non-hydrogen) atoms. The number of anilines is 1. The molecule has 0 saturated carbocycles. The van der Waals surface area contributed by atoms with E-state index in [2.05, 4.69) is 5.32 Å². The smallest absolute Gasteiger partial charge is 0.221 e. The predicted octanol–water partition coefficient (Wildman–Crippen LogP) is 3.25. The number of carbonyl (C=O) groups is 2. The monoisotopic (exact) mass is 281 g/mol. The van der Waals surface area contributed by atoms with Crippen molar-refractivity contribution in [1.82, 2.24) is 0 Å². The fourth-order valence-corrected chi connectivity index (χ4v) is 1.77. The van der Waals surface area contributed by atoms with Gasteiger partial charge in [-0.1, -0.05) is 18.2 Å². The number of phenols is 1. The number of rotatable bonds is 4. The van der Waals surface area contributed by atoms with Crippen molar-refractivity contribution in [2.45, 2.75) is 6.92 Å². The van der Waals surface area contributed by atoms with Crippen molar-refractivity contribution in [2.75, 3.05) is 5.32 Å². The third-order valence-electron chi connectivity index (χ3n) is 2.81. The second-order valence-electron chi connectivity index (χ2n) is 4.55. The molecule has 2 N–H and O–H groups in total. The molecule has 0 radical (unpaired) electrons. The van der Waals surface area contributed by atoms with Gasteiger partial charge in [0, 0.05) is 18.2 Å². The zero-order chi connectivity index (χ0) is 15.2. The lowest BCUT2D eigenvalue weighted by atomic mass is 10.1. The minimum Gasteiger partial charge on any atom is -0.508 e. The molecule has 0 saturated heterocycles. The minimum atomic E-state index is -0.138. The number of allylic oxidation sites excluding steroid dienone is 1. The summed E-state index contributed by atoms with van der Waals surface area (Å²) in [5.74, 6) is -0.133. The molecule has 4 heteroatoms. The number of carbonyl (C=O) groups excluding carboxylic acids is 2. The Labute approximate surface area is 122 Å². The van der Waals surface area contributed by atoms with Gasteiger partial charge < -0.3 is 10.4 Å². The van der Waals surface area contributed by atoms with Gasteiger partial charge in [0.2, 0.25) is 5.91 Å². The van der Waals surface area contributed by atoms with Crippen molar-refractivity contribution >= 4 is 23.5 Å². The van der Waals surface area contributed by atoms with E-state index in [0.29, 0.717) is 11.3 Å². The Morgan fingerprint density at radius 2 is 1.62 bits per heavy atom. The first kappa shape index (κ1) is 14.5. The van der Waals surface area contributed by atoms with E-state index in [1.54, 1.807) is 30.3 Å². The summed E-state index contributed by atoms with van der Waals surface area (Å²) >= 11 is 0. The van der Waals surface area contributed by atoms with Crippen molar-refractivity contribution in [3.63, 3.8) is 0 Å². The number of nitrogens with one attached hydrogen (secondary N) is 1. The van der Waals surface area contributed by atoms with Gasteiger partial charge in [-0.2, -0.15) is 0 Å². The molecule has 0 bridgehead atoms. The maximum atomic E-state index is 11.9. The average molecular weight is 281 g/mol. The molecular formula is C17H15NO3. The molecule has 4 nitrogen and oxygen atoms in total. The molecule has 0 aromatic heterocycles. The molecule has 106 valence electrons. The van der Waals surface area contributed by atoms with Gasteiger partial charge >= 0.3 is 0 Å². The van der Waals surface area contributed by atoms with Gasteiger partial charge in [-0.15, -0.1) is 0 Å². The van der Waals surface area contributed by atoms with E-state index in [-0.39, 0.29) is 17.4 Å². The lowest BCUT2D eigenvalue weighted by molar-refractivity contribution is -0.114. The summed E-state index contributed by atoms with van der Waals surface area (Å²) in [5.41, 5.74) is 2.08. The first-order valence-electron chi connectivity index (χ1n) is 6.44. The van der Waals surface area contributed by atoms with E-state index in [4.69, 9.17) is 0 Å². The molecule has 1 amide bonds. The molecule has 2 rings (SSSR count).